The number of aromatic nitrogens is 2. The van der Waals surface area contributed by atoms with E-state index in [1.54, 1.807) is 18.2 Å². The summed E-state index contributed by atoms with van der Waals surface area (Å²) in [4.78, 5) is 18.6. The van der Waals surface area contributed by atoms with E-state index in [1.807, 2.05) is 0 Å². The molecule has 0 bridgehead atoms. The average Bonchev–Trinajstić information content (AvgIpc) is 2.54. The molecular formula is C16H12FN5O2. The van der Waals surface area contributed by atoms with E-state index in [0.29, 0.717) is 22.4 Å². The maximum absolute atomic E-state index is 13.6. The molecule has 0 aliphatic heterocycles. The van der Waals surface area contributed by atoms with Crippen molar-refractivity contribution in [3.05, 3.63) is 64.6 Å². The molecule has 24 heavy (non-hydrogen) atoms. The number of pyridine rings is 2. The molecule has 0 aliphatic rings. The lowest BCUT2D eigenvalue weighted by Crippen LogP contribution is -2.02. The molecule has 3 aromatic rings. The highest BCUT2D eigenvalue weighted by Gasteiger charge is 2.20. The van der Waals surface area contributed by atoms with Crippen molar-refractivity contribution in [1.82, 2.24) is 9.97 Å². The molecule has 0 aliphatic carbocycles. The van der Waals surface area contributed by atoms with Crippen molar-refractivity contribution in [2.24, 2.45) is 0 Å². The van der Waals surface area contributed by atoms with Gasteiger partial charge in [0.1, 0.15) is 11.6 Å². The van der Waals surface area contributed by atoms with Crippen LogP contribution in [0.5, 0.6) is 0 Å². The summed E-state index contributed by atoms with van der Waals surface area (Å²) in [6.07, 6.45) is 1.47. The molecule has 0 spiro atoms. The van der Waals surface area contributed by atoms with Crippen molar-refractivity contribution in [2.45, 2.75) is 0 Å². The van der Waals surface area contributed by atoms with E-state index in [4.69, 9.17) is 11.5 Å². The molecule has 0 fully saturated rings. The largest absolute Gasteiger partial charge is 0.384 e. The lowest BCUT2D eigenvalue weighted by Gasteiger charge is -2.11. The standard InChI is InChI=1S/C16H12FN5O2/c17-11-3-1-2-10(6-11)15-12(9-4-5-20-14(18)7-9)8-13(22(23)24)16(19)21-15/h1-8H,(H2,18,20)(H2,19,21). The third kappa shape index (κ3) is 2.84. The third-order valence-corrected chi connectivity index (χ3v) is 3.42. The van der Waals surface area contributed by atoms with Crippen molar-refractivity contribution in [2.75, 3.05) is 11.5 Å². The van der Waals surface area contributed by atoms with Gasteiger partial charge in [-0.25, -0.2) is 14.4 Å². The Morgan fingerprint density at radius 3 is 2.54 bits per heavy atom. The molecule has 3 rings (SSSR count). The number of nitrogens with two attached hydrogens (primary N) is 2. The molecule has 0 amide bonds. The Morgan fingerprint density at radius 2 is 1.88 bits per heavy atom. The zero-order chi connectivity index (χ0) is 17.3. The highest BCUT2D eigenvalue weighted by molar-refractivity contribution is 5.85. The Balaban J connectivity index is 2.31. The molecule has 7 nitrogen and oxygen atoms in total. The highest BCUT2D eigenvalue weighted by atomic mass is 19.1. The first-order valence-corrected chi connectivity index (χ1v) is 6.88. The van der Waals surface area contributed by atoms with Crippen LogP contribution in [-0.4, -0.2) is 14.9 Å². The Bertz CT molecular complexity index is 946. The number of rotatable bonds is 3. The lowest BCUT2D eigenvalue weighted by atomic mass is 9.99. The van der Waals surface area contributed by atoms with Crippen LogP contribution < -0.4 is 11.5 Å². The SMILES string of the molecule is Nc1cc(-c2cc([N+](=O)[O-])c(N)nc2-c2cccc(F)c2)ccn1. The van der Waals surface area contributed by atoms with Gasteiger partial charge in [0.25, 0.3) is 0 Å². The lowest BCUT2D eigenvalue weighted by molar-refractivity contribution is -0.384. The van der Waals surface area contributed by atoms with E-state index in [-0.39, 0.29) is 17.3 Å². The van der Waals surface area contributed by atoms with Crippen LogP contribution in [0, 0.1) is 15.9 Å². The Morgan fingerprint density at radius 1 is 1.08 bits per heavy atom. The zero-order valence-electron chi connectivity index (χ0n) is 12.3. The summed E-state index contributed by atoms with van der Waals surface area (Å²) >= 11 is 0. The number of nitro groups is 1. The quantitative estimate of drug-likeness (QED) is 0.564. The monoisotopic (exact) mass is 325 g/mol. The van der Waals surface area contributed by atoms with Crippen LogP contribution in [0.3, 0.4) is 0 Å². The molecule has 2 aromatic heterocycles. The van der Waals surface area contributed by atoms with Crippen molar-refractivity contribution in [3.63, 3.8) is 0 Å². The summed E-state index contributed by atoms with van der Waals surface area (Å²) in [7, 11) is 0. The van der Waals surface area contributed by atoms with Crippen molar-refractivity contribution >= 4 is 17.3 Å². The molecule has 0 atom stereocenters. The molecule has 120 valence electrons. The van der Waals surface area contributed by atoms with Crippen LogP contribution in [0.25, 0.3) is 22.4 Å². The normalized spacial score (nSPS) is 10.5. The fourth-order valence-electron chi connectivity index (χ4n) is 2.35. The fourth-order valence-corrected chi connectivity index (χ4v) is 2.35. The average molecular weight is 325 g/mol. The summed E-state index contributed by atoms with van der Waals surface area (Å²) in [5.41, 5.74) is 12.8. The van der Waals surface area contributed by atoms with Gasteiger partial charge < -0.3 is 11.5 Å². The van der Waals surface area contributed by atoms with Gasteiger partial charge in [0.05, 0.1) is 10.6 Å². The van der Waals surface area contributed by atoms with Crippen molar-refractivity contribution in [3.8, 4) is 22.4 Å². The first-order chi connectivity index (χ1) is 11.5. The number of hydrogen-bond acceptors (Lipinski definition) is 6. The zero-order valence-corrected chi connectivity index (χ0v) is 12.3. The number of hydrogen-bond donors (Lipinski definition) is 2. The second-order valence-corrected chi connectivity index (χ2v) is 5.03. The van der Waals surface area contributed by atoms with Crippen LogP contribution in [0.15, 0.2) is 48.7 Å². The van der Waals surface area contributed by atoms with Gasteiger partial charge in [-0.15, -0.1) is 0 Å². The number of nitrogen functional groups attached to an aromatic ring is 2. The van der Waals surface area contributed by atoms with Crippen LogP contribution in [0.1, 0.15) is 0 Å². The number of nitrogens with zero attached hydrogens (tertiary/aromatic N) is 3. The highest BCUT2D eigenvalue weighted by Crippen LogP contribution is 2.36. The summed E-state index contributed by atoms with van der Waals surface area (Å²) in [5.74, 6) is -0.450. The van der Waals surface area contributed by atoms with E-state index in [2.05, 4.69) is 9.97 Å². The second-order valence-electron chi connectivity index (χ2n) is 5.03. The van der Waals surface area contributed by atoms with Crippen LogP contribution >= 0.6 is 0 Å². The van der Waals surface area contributed by atoms with E-state index >= 15 is 0 Å². The van der Waals surface area contributed by atoms with E-state index in [1.165, 1.54) is 30.5 Å². The Kier molecular flexibility index (Phi) is 3.78. The van der Waals surface area contributed by atoms with Crippen molar-refractivity contribution in [1.29, 1.82) is 0 Å². The Hall–Kier alpha value is -3.55. The van der Waals surface area contributed by atoms with E-state index in [0.717, 1.165) is 0 Å². The van der Waals surface area contributed by atoms with Gasteiger partial charge in [-0.2, -0.15) is 0 Å². The molecular weight excluding hydrogens is 313 g/mol. The predicted molar refractivity (Wildman–Crippen MR) is 88.3 cm³/mol. The van der Waals surface area contributed by atoms with E-state index < -0.39 is 10.7 Å². The Labute approximate surface area is 135 Å². The maximum atomic E-state index is 13.6. The van der Waals surface area contributed by atoms with Crippen LogP contribution in [0.4, 0.5) is 21.7 Å². The van der Waals surface area contributed by atoms with Gasteiger partial charge in [-0.1, -0.05) is 12.1 Å². The van der Waals surface area contributed by atoms with Gasteiger partial charge in [0.15, 0.2) is 0 Å². The van der Waals surface area contributed by atoms with E-state index in [9.17, 15) is 14.5 Å². The molecule has 0 saturated heterocycles. The predicted octanol–water partition coefficient (Wildman–Crippen LogP) is 3.02. The molecule has 2 heterocycles. The molecule has 8 heteroatoms. The van der Waals surface area contributed by atoms with Gasteiger partial charge in [-0.3, -0.25) is 10.1 Å². The van der Waals surface area contributed by atoms with Crippen LogP contribution in [-0.2, 0) is 0 Å². The smallest absolute Gasteiger partial charge is 0.311 e. The molecule has 0 unspecified atom stereocenters. The summed E-state index contributed by atoms with van der Waals surface area (Å²) in [5, 5.41) is 11.2. The minimum absolute atomic E-state index is 0.245. The topological polar surface area (TPSA) is 121 Å². The number of anilines is 2. The van der Waals surface area contributed by atoms with Gasteiger partial charge in [-0.05, 0) is 29.8 Å². The van der Waals surface area contributed by atoms with Crippen molar-refractivity contribution < 1.29 is 9.31 Å². The third-order valence-electron chi connectivity index (χ3n) is 3.42. The summed E-state index contributed by atoms with van der Waals surface area (Å²) < 4.78 is 13.6. The van der Waals surface area contributed by atoms with Gasteiger partial charge in [0.2, 0.25) is 5.82 Å². The van der Waals surface area contributed by atoms with Gasteiger partial charge >= 0.3 is 5.69 Å². The minimum Gasteiger partial charge on any atom is -0.384 e. The summed E-state index contributed by atoms with van der Waals surface area (Å²) in [6, 6.07) is 10.2. The molecule has 1 aromatic carbocycles. The fraction of sp³-hybridized carbons (Fsp3) is 0. The van der Waals surface area contributed by atoms with Gasteiger partial charge in [0, 0.05) is 23.4 Å². The first kappa shape index (κ1) is 15.3. The van der Waals surface area contributed by atoms with Crippen LogP contribution in [0.2, 0.25) is 0 Å². The second kappa shape index (κ2) is 5.92. The molecule has 0 radical (unpaired) electrons. The first-order valence-electron chi connectivity index (χ1n) is 6.88. The molecule has 0 saturated carbocycles. The number of benzene rings is 1. The molecule has 4 N–H and O–H groups in total. The minimum atomic E-state index is -0.619. The number of halogens is 1. The summed E-state index contributed by atoms with van der Waals surface area (Å²) in [6.45, 7) is 0. The maximum Gasteiger partial charge on any atom is 0.311 e.